The van der Waals surface area contributed by atoms with Crippen molar-refractivity contribution in [3.05, 3.63) is 57.6 Å². The van der Waals surface area contributed by atoms with Crippen LogP contribution in [0.5, 0.6) is 11.5 Å². The Hall–Kier alpha value is -2.78. The molecule has 1 aliphatic rings. The molecule has 1 aromatic carbocycles. The van der Waals surface area contributed by atoms with Crippen molar-refractivity contribution in [2.45, 2.75) is 0 Å². The quantitative estimate of drug-likeness (QED) is 0.536. The third kappa shape index (κ3) is 3.83. The fourth-order valence-corrected chi connectivity index (χ4v) is 3.79. The normalized spacial score (nSPS) is 12.5. The predicted octanol–water partition coefficient (Wildman–Crippen LogP) is 3.35. The Bertz CT molecular complexity index is 1010. The lowest BCUT2D eigenvalue weighted by molar-refractivity contribution is 0.0846. The average Bonchev–Trinajstić information content (AvgIpc) is 3.35. The lowest BCUT2D eigenvalue weighted by Gasteiger charge is -2.18. The molecule has 0 saturated heterocycles. The highest BCUT2D eigenvalue weighted by Crippen LogP contribution is 2.36. The van der Waals surface area contributed by atoms with Gasteiger partial charge in [0, 0.05) is 15.5 Å². The van der Waals surface area contributed by atoms with Gasteiger partial charge in [0.2, 0.25) is 0 Å². The van der Waals surface area contributed by atoms with E-state index in [0.29, 0.717) is 29.5 Å². The van der Waals surface area contributed by atoms with Gasteiger partial charge in [-0.3, -0.25) is 20.4 Å². The molecule has 4 rings (SSSR count). The lowest BCUT2D eigenvalue weighted by atomic mass is 10.1. The van der Waals surface area contributed by atoms with E-state index in [4.69, 9.17) is 9.47 Å². The molecule has 0 saturated carbocycles. The Balaban J connectivity index is 1.43. The Morgan fingerprint density at radius 1 is 1.00 bits per heavy atom. The minimum absolute atomic E-state index is 0.338. The van der Waals surface area contributed by atoms with Crippen LogP contribution in [0.2, 0.25) is 0 Å². The number of benzene rings is 1. The van der Waals surface area contributed by atoms with Gasteiger partial charge in [0.1, 0.15) is 18.9 Å². The van der Waals surface area contributed by atoms with Gasteiger partial charge in [-0.2, -0.15) is 0 Å². The van der Waals surface area contributed by atoms with Crippen LogP contribution >= 0.6 is 27.3 Å². The van der Waals surface area contributed by atoms with Crippen LogP contribution in [0.25, 0.3) is 10.4 Å². The zero-order chi connectivity index (χ0) is 18.8. The number of ether oxygens (including phenoxy) is 2. The highest BCUT2D eigenvalue weighted by Gasteiger charge is 2.16. The summed E-state index contributed by atoms with van der Waals surface area (Å²) in [5.41, 5.74) is 6.07. The fourth-order valence-electron chi connectivity index (χ4n) is 2.55. The third-order valence-corrected chi connectivity index (χ3v) is 5.43. The number of amides is 2. The van der Waals surface area contributed by atoms with E-state index >= 15 is 0 Å². The predicted molar refractivity (Wildman–Crippen MR) is 104 cm³/mol. The number of fused-ring (bicyclic) bond motifs is 1. The van der Waals surface area contributed by atoms with Gasteiger partial charge in [-0.25, -0.2) is 0 Å². The van der Waals surface area contributed by atoms with Crippen LogP contribution in [0.4, 0.5) is 0 Å². The van der Waals surface area contributed by atoms with Crippen molar-refractivity contribution in [2.75, 3.05) is 13.2 Å². The maximum absolute atomic E-state index is 12.3. The van der Waals surface area contributed by atoms with Gasteiger partial charge in [-0.05, 0) is 57.9 Å². The van der Waals surface area contributed by atoms with Crippen LogP contribution in [-0.4, -0.2) is 30.0 Å². The zero-order valence-corrected chi connectivity index (χ0v) is 16.3. The first-order valence-corrected chi connectivity index (χ1v) is 9.65. The van der Waals surface area contributed by atoms with Crippen LogP contribution in [0, 0.1) is 0 Å². The van der Waals surface area contributed by atoms with Crippen LogP contribution in [0.3, 0.4) is 0 Å². The maximum Gasteiger partial charge on any atom is 0.286 e. The highest BCUT2D eigenvalue weighted by atomic mass is 79.9. The number of carbonyl (C=O) groups excluding carboxylic acids is 2. The molecule has 0 atom stereocenters. The number of aromatic nitrogens is 1. The number of hydrazine groups is 1. The molecule has 2 aromatic heterocycles. The first-order valence-electron chi connectivity index (χ1n) is 8.04. The largest absolute Gasteiger partial charge is 0.486 e. The number of carbonyl (C=O) groups is 2. The van der Waals surface area contributed by atoms with Crippen LogP contribution in [0.1, 0.15) is 20.2 Å². The second-order valence-corrected chi connectivity index (χ2v) is 7.66. The lowest BCUT2D eigenvalue weighted by Crippen LogP contribution is -2.41. The van der Waals surface area contributed by atoms with E-state index in [1.165, 1.54) is 11.3 Å². The molecule has 27 heavy (non-hydrogen) atoms. The van der Waals surface area contributed by atoms with Gasteiger partial charge in [0.25, 0.3) is 11.8 Å². The minimum Gasteiger partial charge on any atom is -0.486 e. The summed E-state index contributed by atoms with van der Waals surface area (Å²) >= 11 is 4.57. The summed E-state index contributed by atoms with van der Waals surface area (Å²) in [6, 6.07) is 10.9. The van der Waals surface area contributed by atoms with Gasteiger partial charge in [-0.15, -0.1) is 11.3 Å². The maximum atomic E-state index is 12.3. The number of hydrogen-bond acceptors (Lipinski definition) is 5. The van der Waals surface area contributed by atoms with Crippen molar-refractivity contribution in [3.63, 3.8) is 0 Å². The van der Waals surface area contributed by atoms with Gasteiger partial charge in [-0.1, -0.05) is 0 Å². The van der Waals surface area contributed by atoms with Crippen LogP contribution in [-0.2, 0) is 0 Å². The molecule has 3 heterocycles. The number of halogens is 1. The molecule has 0 spiro atoms. The van der Waals surface area contributed by atoms with Gasteiger partial charge < -0.3 is 14.5 Å². The summed E-state index contributed by atoms with van der Waals surface area (Å²) in [6.07, 6.45) is 1.63. The molecule has 0 aliphatic carbocycles. The van der Waals surface area contributed by atoms with Crippen molar-refractivity contribution >= 4 is 39.1 Å². The summed E-state index contributed by atoms with van der Waals surface area (Å²) in [7, 11) is 0. The summed E-state index contributed by atoms with van der Waals surface area (Å²) in [5.74, 6) is 0.598. The zero-order valence-electron chi connectivity index (χ0n) is 13.9. The summed E-state index contributed by atoms with van der Waals surface area (Å²) in [5, 5.41) is 0. The Kier molecular flexibility index (Phi) is 4.87. The second-order valence-electron chi connectivity index (χ2n) is 5.66. The van der Waals surface area contributed by atoms with Crippen LogP contribution in [0.15, 0.2) is 47.1 Å². The molecule has 3 N–H and O–H groups in total. The standard InChI is InChI=1S/C18H14BrN3O4S/c19-11-8-12(20-9-11)17(23)21-22-18(24)16-4-3-15(27-16)10-1-2-13-14(7-10)26-6-5-25-13/h1-4,7-9,20H,5-6H2,(H,21,23)(H,22,24). The van der Waals surface area contributed by atoms with Crippen LogP contribution < -0.4 is 20.3 Å². The molecule has 0 unspecified atom stereocenters. The Morgan fingerprint density at radius 3 is 2.56 bits per heavy atom. The number of rotatable bonds is 3. The van der Waals surface area contributed by atoms with Gasteiger partial charge in [0.15, 0.2) is 11.5 Å². The Morgan fingerprint density at radius 2 is 1.78 bits per heavy atom. The molecule has 0 fully saturated rings. The van der Waals surface area contributed by atoms with E-state index in [2.05, 4.69) is 31.8 Å². The molecular weight excluding hydrogens is 434 g/mol. The van der Waals surface area contributed by atoms with E-state index in [0.717, 1.165) is 20.7 Å². The second kappa shape index (κ2) is 7.45. The molecular formula is C18H14BrN3O4S. The monoisotopic (exact) mass is 447 g/mol. The number of hydrogen-bond donors (Lipinski definition) is 3. The number of aromatic amines is 1. The molecule has 7 nitrogen and oxygen atoms in total. The van der Waals surface area contributed by atoms with E-state index < -0.39 is 5.91 Å². The van der Waals surface area contributed by atoms with Gasteiger partial charge in [0.05, 0.1) is 4.88 Å². The smallest absolute Gasteiger partial charge is 0.286 e. The first-order chi connectivity index (χ1) is 13.1. The SMILES string of the molecule is O=C(NNC(=O)c1ccc(-c2ccc3c(c2)OCCO3)s1)c1cc(Br)c[nH]1. The summed E-state index contributed by atoms with van der Waals surface area (Å²) in [4.78, 5) is 28.4. The van der Waals surface area contributed by atoms with E-state index in [1.54, 1.807) is 18.3 Å². The topological polar surface area (TPSA) is 92.5 Å². The van der Waals surface area contributed by atoms with E-state index in [9.17, 15) is 9.59 Å². The molecule has 0 bridgehead atoms. The third-order valence-electron chi connectivity index (χ3n) is 3.84. The molecule has 9 heteroatoms. The number of thiophene rings is 1. The van der Waals surface area contributed by atoms with Crippen molar-refractivity contribution < 1.29 is 19.1 Å². The van der Waals surface area contributed by atoms with Crippen molar-refractivity contribution in [2.24, 2.45) is 0 Å². The van der Waals surface area contributed by atoms with Crippen molar-refractivity contribution in [1.82, 2.24) is 15.8 Å². The number of nitrogens with one attached hydrogen (secondary N) is 3. The Labute approximate surface area is 166 Å². The molecule has 1 aliphatic heterocycles. The molecule has 138 valence electrons. The first kappa shape index (κ1) is 17.6. The van der Waals surface area contributed by atoms with Crippen molar-refractivity contribution in [1.29, 1.82) is 0 Å². The molecule has 0 radical (unpaired) electrons. The van der Waals surface area contributed by atoms with E-state index in [1.807, 2.05) is 24.3 Å². The van der Waals surface area contributed by atoms with Gasteiger partial charge >= 0.3 is 0 Å². The highest BCUT2D eigenvalue weighted by molar-refractivity contribution is 9.10. The molecule has 3 aromatic rings. The summed E-state index contributed by atoms with van der Waals surface area (Å²) in [6.45, 7) is 1.06. The number of H-pyrrole nitrogens is 1. The minimum atomic E-state index is -0.433. The molecule has 2 amide bonds. The average molecular weight is 448 g/mol. The van der Waals surface area contributed by atoms with Crippen molar-refractivity contribution in [3.8, 4) is 21.9 Å². The van der Waals surface area contributed by atoms with E-state index in [-0.39, 0.29) is 5.91 Å². The summed E-state index contributed by atoms with van der Waals surface area (Å²) < 4.78 is 11.9. The fraction of sp³-hybridized carbons (Fsp3) is 0.111.